The molecule has 0 fully saturated rings. The van der Waals surface area contributed by atoms with Gasteiger partial charge in [0.2, 0.25) is 0 Å². The normalized spacial score (nSPS) is 20.0. The van der Waals surface area contributed by atoms with Crippen LogP contribution in [0.5, 0.6) is 0 Å². The molecule has 0 spiro atoms. The first kappa shape index (κ1) is 11.5. The fourth-order valence-electron chi connectivity index (χ4n) is 1.50. The lowest BCUT2D eigenvalue weighted by atomic mass is 10.1. The van der Waals surface area contributed by atoms with Gasteiger partial charge in [0, 0.05) is 10.9 Å². The molecule has 0 aromatic heterocycles. The maximum atomic E-state index is 13.0. The average molecular weight is 238 g/mol. The Bertz CT molecular complexity index is 404. The van der Waals surface area contributed by atoms with Gasteiger partial charge in [-0.05, 0) is 24.1 Å². The Morgan fingerprint density at radius 3 is 2.94 bits per heavy atom. The van der Waals surface area contributed by atoms with Gasteiger partial charge in [0.05, 0.1) is 6.54 Å². The van der Waals surface area contributed by atoms with Gasteiger partial charge in [-0.3, -0.25) is 4.99 Å². The summed E-state index contributed by atoms with van der Waals surface area (Å²) < 4.78 is 13.0. The van der Waals surface area contributed by atoms with E-state index in [1.54, 1.807) is 17.8 Å². The van der Waals surface area contributed by atoms with Crippen molar-refractivity contribution in [2.75, 3.05) is 11.9 Å². The largest absolute Gasteiger partial charge is 0.335 e. The SMILES string of the molecule is CC(C)C1CN=C(Nc2cccc(F)c2)S1. The van der Waals surface area contributed by atoms with Crippen LogP contribution in [0, 0.1) is 11.7 Å². The van der Waals surface area contributed by atoms with Crippen LogP contribution < -0.4 is 5.32 Å². The number of rotatable bonds is 2. The van der Waals surface area contributed by atoms with Crippen LogP contribution in [0.4, 0.5) is 10.1 Å². The lowest BCUT2D eigenvalue weighted by Gasteiger charge is -2.12. The molecule has 0 bridgehead atoms. The van der Waals surface area contributed by atoms with E-state index in [9.17, 15) is 4.39 Å². The summed E-state index contributed by atoms with van der Waals surface area (Å²) in [4.78, 5) is 4.41. The molecule has 1 aromatic carbocycles. The Morgan fingerprint density at radius 1 is 1.50 bits per heavy atom. The minimum Gasteiger partial charge on any atom is -0.335 e. The van der Waals surface area contributed by atoms with Gasteiger partial charge in [-0.25, -0.2) is 4.39 Å². The number of hydrogen-bond donors (Lipinski definition) is 1. The highest BCUT2D eigenvalue weighted by atomic mass is 32.2. The highest BCUT2D eigenvalue weighted by molar-refractivity contribution is 8.15. The maximum Gasteiger partial charge on any atom is 0.161 e. The van der Waals surface area contributed by atoms with E-state index in [4.69, 9.17) is 0 Å². The molecular formula is C12H15FN2S. The molecule has 1 aliphatic rings. The third kappa shape index (κ3) is 2.76. The van der Waals surface area contributed by atoms with Crippen molar-refractivity contribution in [3.05, 3.63) is 30.1 Å². The van der Waals surface area contributed by atoms with Crippen LogP contribution in [0.15, 0.2) is 29.3 Å². The van der Waals surface area contributed by atoms with E-state index in [1.807, 2.05) is 6.07 Å². The molecular weight excluding hydrogens is 223 g/mol. The van der Waals surface area contributed by atoms with Gasteiger partial charge in [0.25, 0.3) is 0 Å². The molecule has 1 aliphatic heterocycles. The van der Waals surface area contributed by atoms with Crippen LogP contribution in [0.1, 0.15) is 13.8 Å². The van der Waals surface area contributed by atoms with Gasteiger partial charge in [0.15, 0.2) is 5.17 Å². The molecule has 4 heteroatoms. The second kappa shape index (κ2) is 4.87. The van der Waals surface area contributed by atoms with E-state index in [-0.39, 0.29) is 5.82 Å². The van der Waals surface area contributed by atoms with Crippen molar-refractivity contribution in [2.45, 2.75) is 19.1 Å². The molecule has 2 rings (SSSR count). The Balaban J connectivity index is 1.97. The predicted molar refractivity (Wildman–Crippen MR) is 68.5 cm³/mol. The first-order valence-electron chi connectivity index (χ1n) is 5.39. The highest BCUT2D eigenvalue weighted by Crippen LogP contribution is 2.27. The monoisotopic (exact) mass is 238 g/mol. The molecule has 0 saturated heterocycles. The van der Waals surface area contributed by atoms with E-state index >= 15 is 0 Å². The van der Waals surface area contributed by atoms with E-state index < -0.39 is 0 Å². The molecule has 1 aromatic rings. The number of nitrogens with zero attached hydrogens (tertiary/aromatic N) is 1. The van der Waals surface area contributed by atoms with Crippen molar-refractivity contribution in [2.24, 2.45) is 10.9 Å². The summed E-state index contributed by atoms with van der Waals surface area (Å²) >= 11 is 1.74. The van der Waals surface area contributed by atoms with Crippen LogP contribution >= 0.6 is 11.8 Å². The van der Waals surface area contributed by atoms with Crippen LogP contribution in [-0.2, 0) is 0 Å². The van der Waals surface area contributed by atoms with E-state index in [0.717, 1.165) is 17.4 Å². The van der Waals surface area contributed by atoms with Crippen molar-refractivity contribution < 1.29 is 4.39 Å². The second-order valence-corrected chi connectivity index (χ2v) is 5.41. The summed E-state index contributed by atoms with van der Waals surface area (Å²) in [6.45, 7) is 5.23. The van der Waals surface area contributed by atoms with Gasteiger partial charge in [-0.2, -0.15) is 0 Å². The molecule has 1 heterocycles. The van der Waals surface area contributed by atoms with Crippen LogP contribution in [0.2, 0.25) is 0 Å². The second-order valence-electron chi connectivity index (χ2n) is 4.18. The Morgan fingerprint density at radius 2 is 2.31 bits per heavy atom. The van der Waals surface area contributed by atoms with Crippen LogP contribution in [-0.4, -0.2) is 17.0 Å². The standard InChI is InChI=1S/C12H15FN2S/c1-8(2)11-7-14-12(16-11)15-10-5-3-4-9(13)6-10/h3-6,8,11H,7H2,1-2H3,(H,14,15). The number of anilines is 1. The van der Waals surface area contributed by atoms with Crippen molar-refractivity contribution >= 4 is 22.6 Å². The van der Waals surface area contributed by atoms with E-state index in [0.29, 0.717) is 11.2 Å². The Labute approximate surface area is 99.3 Å². The summed E-state index contributed by atoms with van der Waals surface area (Å²) in [6.07, 6.45) is 0. The third-order valence-corrected chi connectivity index (χ3v) is 3.95. The number of hydrogen-bond acceptors (Lipinski definition) is 3. The Hall–Kier alpha value is -1.03. The van der Waals surface area contributed by atoms with Crippen molar-refractivity contribution in [3.8, 4) is 0 Å². The average Bonchev–Trinajstić information content (AvgIpc) is 2.66. The van der Waals surface area contributed by atoms with Crippen molar-refractivity contribution in [1.29, 1.82) is 0 Å². The molecule has 0 aliphatic carbocycles. The number of aliphatic imine (C=N–C) groups is 1. The summed E-state index contributed by atoms with van der Waals surface area (Å²) in [6, 6.07) is 6.45. The van der Waals surface area contributed by atoms with Gasteiger partial charge >= 0.3 is 0 Å². The summed E-state index contributed by atoms with van der Waals surface area (Å²) in [5.41, 5.74) is 0.760. The first-order valence-corrected chi connectivity index (χ1v) is 6.27. The Kier molecular flexibility index (Phi) is 3.49. The summed E-state index contributed by atoms with van der Waals surface area (Å²) in [5.74, 6) is 0.384. The smallest absolute Gasteiger partial charge is 0.161 e. The highest BCUT2D eigenvalue weighted by Gasteiger charge is 2.22. The van der Waals surface area contributed by atoms with Gasteiger partial charge in [-0.1, -0.05) is 31.7 Å². The fourth-order valence-corrected chi connectivity index (χ4v) is 2.53. The lowest BCUT2D eigenvalue weighted by Crippen LogP contribution is -2.13. The molecule has 2 nitrogen and oxygen atoms in total. The van der Waals surface area contributed by atoms with E-state index in [1.165, 1.54) is 12.1 Å². The number of nitrogens with one attached hydrogen (secondary N) is 1. The molecule has 86 valence electrons. The third-order valence-electron chi connectivity index (χ3n) is 2.50. The predicted octanol–water partition coefficient (Wildman–Crippen LogP) is 3.37. The van der Waals surface area contributed by atoms with Crippen molar-refractivity contribution in [3.63, 3.8) is 0 Å². The zero-order chi connectivity index (χ0) is 11.5. The topological polar surface area (TPSA) is 24.4 Å². The molecule has 0 amide bonds. The lowest BCUT2D eigenvalue weighted by molar-refractivity contribution is 0.621. The molecule has 0 saturated carbocycles. The zero-order valence-electron chi connectivity index (χ0n) is 9.40. The molecule has 0 radical (unpaired) electrons. The minimum absolute atomic E-state index is 0.228. The number of thioether (sulfide) groups is 1. The van der Waals surface area contributed by atoms with E-state index in [2.05, 4.69) is 24.2 Å². The molecule has 1 atom stereocenters. The van der Waals surface area contributed by atoms with Gasteiger partial charge in [-0.15, -0.1) is 0 Å². The first-order chi connectivity index (χ1) is 7.65. The molecule has 16 heavy (non-hydrogen) atoms. The van der Waals surface area contributed by atoms with Crippen LogP contribution in [0.25, 0.3) is 0 Å². The quantitative estimate of drug-likeness (QED) is 0.854. The molecule has 1 unspecified atom stereocenters. The number of benzene rings is 1. The minimum atomic E-state index is -0.228. The number of halogens is 1. The zero-order valence-corrected chi connectivity index (χ0v) is 10.2. The van der Waals surface area contributed by atoms with Gasteiger partial charge < -0.3 is 5.32 Å². The fraction of sp³-hybridized carbons (Fsp3) is 0.417. The summed E-state index contributed by atoms with van der Waals surface area (Å²) in [7, 11) is 0. The maximum absolute atomic E-state index is 13.0. The molecule has 1 N–H and O–H groups in total. The van der Waals surface area contributed by atoms with Gasteiger partial charge in [0.1, 0.15) is 5.82 Å². The summed E-state index contributed by atoms with van der Waals surface area (Å²) in [5, 5.41) is 4.57. The number of amidine groups is 1. The van der Waals surface area contributed by atoms with Crippen LogP contribution in [0.3, 0.4) is 0 Å². The van der Waals surface area contributed by atoms with Crippen molar-refractivity contribution in [1.82, 2.24) is 0 Å².